The summed E-state index contributed by atoms with van der Waals surface area (Å²) in [5.41, 5.74) is 7.12. The van der Waals surface area contributed by atoms with Crippen molar-refractivity contribution in [3.8, 4) is 0 Å². The molecule has 1 rings (SSSR count). The van der Waals surface area contributed by atoms with Gasteiger partial charge in [0.15, 0.2) is 0 Å². The maximum Gasteiger partial charge on any atom is 0.340 e. The first-order valence-corrected chi connectivity index (χ1v) is 5.10. The number of Topliss-reactive ketones (excluding diaryl/α,β-unsaturated/α-hetero) is 1. The second kappa shape index (κ2) is 5.30. The van der Waals surface area contributed by atoms with Crippen molar-refractivity contribution in [2.24, 2.45) is 0 Å². The standard InChI is InChI=1S/C12H15NO3/c1-3-16-12(15)10-6-4-5-9(11(10)13)7-8(2)14/h4-6H,3,7,13H2,1-2H3. The maximum atomic E-state index is 11.5. The molecule has 0 spiro atoms. The van der Waals surface area contributed by atoms with Crippen LogP contribution in [0.5, 0.6) is 0 Å². The van der Waals surface area contributed by atoms with Gasteiger partial charge in [0.2, 0.25) is 0 Å². The number of benzene rings is 1. The minimum absolute atomic E-state index is 0.00714. The predicted octanol–water partition coefficient (Wildman–Crippen LogP) is 1.58. The number of hydrogen-bond donors (Lipinski definition) is 1. The Morgan fingerprint density at radius 3 is 2.62 bits per heavy atom. The van der Waals surface area contributed by atoms with Crippen LogP contribution in [0, 0.1) is 0 Å². The summed E-state index contributed by atoms with van der Waals surface area (Å²) in [6.45, 7) is 3.51. The van der Waals surface area contributed by atoms with Crippen LogP contribution < -0.4 is 5.73 Å². The van der Waals surface area contributed by atoms with Crippen molar-refractivity contribution in [1.82, 2.24) is 0 Å². The van der Waals surface area contributed by atoms with Gasteiger partial charge in [-0.3, -0.25) is 4.79 Å². The average molecular weight is 221 g/mol. The molecular formula is C12H15NO3. The maximum absolute atomic E-state index is 11.5. The van der Waals surface area contributed by atoms with E-state index in [1.54, 1.807) is 25.1 Å². The van der Waals surface area contributed by atoms with Gasteiger partial charge in [0.1, 0.15) is 5.78 Å². The van der Waals surface area contributed by atoms with Crippen LogP contribution in [0.1, 0.15) is 29.8 Å². The molecule has 0 fully saturated rings. The second-order valence-corrected chi connectivity index (χ2v) is 3.48. The highest BCUT2D eigenvalue weighted by molar-refractivity contribution is 5.96. The molecule has 0 amide bonds. The van der Waals surface area contributed by atoms with E-state index in [1.165, 1.54) is 6.92 Å². The molecule has 0 saturated heterocycles. The Labute approximate surface area is 94.4 Å². The zero-order chi connectivity index (χ0) is 12.1. The van der Waals surface area contributed by atoms with E-state index in [4.69, 9.17) is 10.5 Å². The Morgan fingerprint density at radius 2 is 2.06 bits per heavy atom. The molecular weight excluding hydrogens is 206 g/mol. The van der Waals surface area contributed by atoms with Gasteiger partial charge in [0.25, 0.3) is 0 Å². The van der Waals surface area contributed by atoms with Crippen molar-refractivity contribution in [2.75, 3.05) is 12.3 Å². The lowest BCUT2D eigenvalue weighted by molar-refractivity contribution is -0.116. The molecule has 16 heavy (non-hydrogen) atoms. The quantitative estimate of drug-likeness (QED) is 0.619. The summed E-state index contributed by atoms with van der Waals surface area (Å²) >= 11 is 0. The number of nitrogen functional groups attached to an aromatic ring is 1. The van der Waals surface area contributed by atoms with Crippen molar-refractivity contribution in [3.63, 3.8) is 0 Å². The van der Waals surface area contributed by atoms with Crippen LogP contribution in [0.4, 0.5) is 5.69 Å². The molecule has 4 heteroatoms. The van der Waals surface area contributed by atoms with E-state index in [9.17, 15) is 9.59 Å². The van der Waals surface area contributed by atoms with Crippen LogP contribution in [0.3, 0.4) is 0 Å². The van der Waals surface area contributed by atoms with Gasteiger partial charge in [-0.15, -0.1) is 0 Å². The summed E-state index contributed by atoms with van der Waals surface area (Å²) in [5.74, 6) is -0.446. The Bertz CT molecular complexity index is 413. The lowest BCUT2D eigenvalue weighted by atomic mass is 10.0. The Morgan fingerprint density at radius 1 is 1.38 bits per heavy atom. The number of hydrogen-bond acceptors (Lipinski definition) is 4. The van der Waals surface area contributed by atoms with Gasteiger partial charge in [-0.1, -0.05) is 12.1 Å². The molecule has 0 atom stereocenters. The average Bonchev–Trinajstić information content (AvgIpc) is 2.21. The third-order valence-corrected chi connectivity index (χ3v) is 2.13. The molecule has 0 radical (unpaired) electrons. The fourth-order valence-corrected chi connectivity index (χ4v) is 1.42. The molecule has 0 aliphatic heterocycles. The van der Waals surface area contributed by atoms with Crippen molar-refractivity contribution in [2.45, 2.75) is 20.3 Å². The van der Waals surface area contributed by atoms with E-state index in [0.717, 1.165) is 0 Å². The number of anilines is 1. The number of ether oxygens (including phenoxy) is 1. The highest BCUT2D eigenvalue weighted by Gasteiger charge is 2.13. The summed E-state index contributed by atoms with van der Waals surface area (Å²) < 4.78 is 4.86. The minimum Gasteiger partial charge on any atom is -0.462 e. The fraction of sp³-hybridized carbons (Fsp3) is 0.333. The fourth-order valence-electron chi connectivity index (χ4n) is 1.42. The van der Waals surface area contributed by atoms with Gasteiger partial charge < -0.3 is 10.5 Å². The van der Waals surface area contributed by atoms with Gasteiger partial charge in [-0.25, -0.2) is 4.79 Å². The first-order valence-electron chi connectivity index (χ1n) is 5.10. The van der Waals surface area contributed by atoms with Gasteiger partial charge in [-0.2, -0.15) is 0 Å². The zero-order valence-corrected chi connectivity index (χ0v) is 9.45. The van der Waals surface area contributed by atoms with Crippen LogP contribution in [-0.4, -0.2) is 18.4 Å². The van der Waals surface area contributed by atoms with E-state index in [2.05, 4.69) is 0 Å². The van der Waals surface area contributed by atoms with E-state index >= 15 is 0 Å². The number of ketones is 1. The molecule has 0 saturated carbocycles. The number of carbonyl (C=O) groups excluding carboxylic acids is 2. The molecule has 1 aromatic carbocycles. The van der Waals surface area contributed by atoms with Crippen LogP contribution in [-0.2, 0) is 16.0 Å². The van der Waals surface area contributed by atoms with E-state index in [-0.39, 0.29) is 12.2 Å². The van der Waals surface area contributed by atoms with Crippen LogP contribution >= 0.6 is 0 Å². The van der Waals surface area contributed by atoms with Crippen LogP contribution in [0.2, 0.25) is 0 Å². The summed E-state index contributed by atoms with van der Waals surface area (Å²) in [6.07, 6.45) is 0.235. The number of carbonyl (C=O) groups is 2. The smallest absolute Gasteiger partial charge is 0.340 e. The zero-order valence-electron chi connectivity index (χ0n) is 9.45. The number of nitrogens with two attached hydrogens (primary N) is 1. The topological polar surface area (TPSA) is 69.4 Å². The minimum atomic E-state index is -0.453. The van der Waals surface area contributed by atoms with Gasteiger partial charge in [0.05, 0.1) is 12.2 Å². The van der Waals surface area contributed by atoms with Gasteiger partial charge in [-0.05, 0) is 25.5 Å². The third kappa shape index (κ3) is 2.82. The Balaban J connectivity index is 3.03. The molecule has 1 aromatic rings. The SMILES string of the molecule is CCOC(=O)c1cccc(CC(C)=O)c1N. The lowest BCUT2D eigenvalue weighted by Crippen LogP contribution is -2.10. The highest BCUT2D eigenvalue weighted by atomic mass is 16.5. The Hall–Kier alpha value is -1.84. The molecule has 0 aromatic heterocycles. The first kappa shape index (κ1) is 12.2. The summed E-state index contributed by atoms with van der Waals surface area (Å²) in [5, 5.41) is 0. The largest absolute Gasteiger partial charge is 0.462 e. The molecule has 2 N–H and O–H groups in total. The van der Waals surface area contributed by atoms with Crippen molar-refractivity contribution in [1.29, 1.82) is 0 Å². The monoisotopic (exact) mass is 221 g/mol. The third-order valence-electron chi connectivity index (χ3n) is 2.13. The van der Waals surface area contributed by atoms with E-state index in [0.29, 0.717) is 23.4 Å². The summed E-state index contributed by atoms with van der Waals surface area (Å²) in [7, 11) is 0. The highest BCUT2D eigenvalue weighted by Crippen LogP contribution is 2.19. The Kier molecular flexibility index (Phi) is 4.05. The van der Waals surface area contributed by atoms with Gasteiger partial charge >= 0.3 is 5.97 Å². The van der Waals surface area contributed by atoms with Crippen molar-refractivity contribution < 1.29 is 14.3 Å². The number of para-hydroxylation sites is 1. The molecule has 0 aliphatic rings. The summed E-state index contributed by atoms with van der Waals surface area (Å²) in [6, 6.07) is 5.03. The molecule has 0 heterocycles. The predicted molar refractivity (Wildman–Crippen MR) is 61.2 cm³/mol. The van der Waals surface area contributed by atoms with Crippen LogP contribution in [0.15, 0.2) is 18.2 Å². The molecule has 0 aliphatic carbocycles. The van der Waals surface area contributed by atoms with Crippen LogP contribution in [0.25, 0.3) is 0 Å². The van der Waals surface area contributed by atoms with Gasteiger partial charge in [0, 0.05) is 12.1 Å². The second-order valence-electron chi connectivity index (χ2n) is 3.48. The van der Waals surface area contributed by atoms with E-state index < -0.39 is 5.97 Å². The molecule has 4 nitrogen and oxygen atoms in total. The summed E-state index contributed by atoms with van der Waals surface area (Å²) in [4.78, 5) is 22.5. The first-order chi connectivity index (χ1) is 7.56. The van der Waals surface area contributed by atoms with Crippen molar-refractivity contribution in [3.05, 3.63) is 29.3 Å². The molecule has 0 unspecified atom stereocenters. The number of rotatable bonds is 4. The number of esters is 1. The lowest BCUT2D eigenvalue weighted by Gasteiger charge is -2.08. The molecule has 0 bridgehead atoms. The van der Waals surface area contributed by atoms with Crippen molar-refractivity contribution >= 4 is 17.4 Å². The normalized spacial score (nSPS) is 9.88. The van der Waals surface area contributed by atoms with E-state index in [1.807, 2.05) is 0 Å². The molecule has 86 valence electrons.